The van der Waals surface area contributed by atoms with Crippen molar-refractivity contribution in [2.45, 2.75) is 0 Å². The summed E-state index contributed by atoms with van der Waals surface area (Å²) in [7, 11) is 0. The molecule has 5 aromatic rings. The van der Waals surface area contributed by atoms with Crippen LogP contribution in [0.2, 0.25) is 5.15 Å². The van der Waals surface area contributed by atoms with Gasteiger partial charge in [0.1, 0.15) is 5.15 Å². The van der Waals surface area contributed by atoms with Gasteiger partial charge in [-0.2, -0.15) is 0 Å². The summed E-state index contributed by atoms with van der Waals surface area (Å²) in [5.74, 6) is 0. The van der Waals surface area contributed by atoms with E-state index in [1.807, 2.05) is 48.7 Å². The summed E-state index contributed by atoms with van der Waals surface area (Å²) < 4.78 is 0. The van der Waals surface area contributed by atoms with E-state index < -0.39 is 0 Å². The van der Waals surface area contributed by atoms with E-state index in [-0.39, 0.29) is 0 Å². The Morgan fingerprint density at radius 3 is 2.36 bits per heavy atom. The van der Waals surface area contributed by atoms with E-state index >= 15 is 0 Å². The van der Waals surface area contributed by atoms with Gasteiger partial charge >= 0.3 is 0 Å². The summed E-state index contributed by atoms with van der Waals surface area (Å²) in [4.78, 5) is 13.7. The third-order valence-corrected chi connectivity index (χ3v) is 4.62. The molecule has 118 valence electrons. The Balaban J connectivity index is 2.03. The van der Waals surface area contributed by atoms with Crippen LogP contribution in [0.1, 0.15) is 0 Å². The molecule has 0 fully saturated rings. The number of fused-ring (bicyclic) bond motifs is 4. The van der Waals surface area contributed by atoms with Crippen LogP contribution in [0.5, 0.6) is 0 Å². The lowest BCUT2D eigenvalue weighted by atomic mass is 9.96. The smallest absolute Gasteiger partial charge is 0.163 e. The van der Waals surface area contributed by atoms with Crippen molar-refractivity contribution in [2.75, 3.05) is 0 Å². The maximum atomic E-state index is 6.02. The molecule has 0 N–H and O–H groups in total. The van der Waals surface area contributed by atoms with Crippen LogP contribution >= 0.6 is 11.6 Å². The topological polar surface area (TPSA) is 38.7 Å². The number of para-hydroxylation sites is 1. The number of pyridine rings is 3. The van der Waals surface area contributed by atoms with Crippen LogP contribution in [-0.2, 0) is 0 Å². The molecule has 0 radical (unpaired) electrons. The van der Waals surface area contributed by atoms with E-state index in [9.17, 15) is 0 Å². The van der Waals surface area contributed by atoms with Crippen LogP contribution in [0.15, 0.2) is 72.9 Å². The minimum atomic E-state index is 0.434. The summed E-state index contributed by atoms with van der Waals surface area (Å²) in [5, 5.41) is 3.47. The Bertz CT molecular complexity index is 1250. The highest BCUT2D eigenvalue weighted by Gasteiger charge is 2.14. The van der Waals surface area contributed by atoms with E-state index in [1.165, 1.54) is 0 Å². The first-order chi connectivity index (χ1) is 12.3. The van der Waals surface area contributed by atoms with Crippen LogP contribution in [0.25, 0.3) is 44.0 Å². The Morgan fingerprint density at radius 2 is 1.48 bits per heavy atom. The molecule has 0 spiro atoms. The summed E-state index contributed by atoms with van der Waals surface area (Å²) in [6.07, 6.45) is 1.85. The normalized spacial score (nSPS) is 11.4. The fraction of sp³-hybridized carbons (Fsp3) is 0. The quantitative estimate of drug-likeness (QED) is 0.224. The Kier molecular flexibility index (Phi) is 3.15. The minimum Gasteiger partial charge on any atom is -0.247 e. The highest BCUT2D eigenvalue weighted by molar-refractivity contribution is 6.30. The van der Waals surface area contributed by atoms with Crippen LogP contribution < -0.4 is 0 Å². The van der Waals surface area contributed by atoms with Gasteiger partial charge < -0.3 is 0 Å². The molecule has 0 unspecified atom stereocenters. The monoisotopic (exact) mass is 341 g/mol. The lowest BCUT2D eigenvalue weighted by Crippen LogP contribution is -1.93. The van der Waals surface area contributed by atoms with Crippen LogP contribution in [-0.4, -0.2) is 15.0 Å². The van der Waals surface area contributed by atoms with Gasteiger partial charge in [-0.05, 0) is 23.8 Å². The number of rotatable bonds is 1. The second-order valence-electron chi connectivity index (χ2n) is 5.90. The number of hydrogen-bond acceptors (Lipinski definition) is 3. The SMILES string of the molecule is Clc1ccc2c(ncc3c(-c4ccccc4)c4ccccc4nc32)n1. The van der Waals surface area contributed by atoms with Gasteiger partial charge in [0.05, 0.1) is 11.0 Å². The highest BCUT2D eigenvalue weighted by Crippen LogP contribution is 2.36. The first-order valence-electron chi connectivity index (χ1n) is 8.00. The first kappa shape index (κ1) is 14.3. The van der Waals surface area contributed by atoms with Crippen molar-refractivity contribution >= 4 is 44.4 Å². The molecular weight excluding hydrogens is 330 g/mol. The third-order valence-electron chi connectivity index (χ3n) is 4.40. The maximum Gasteiger partial charge on any atom is 0.163 e. The summed E-state index contributed by atoms with van der Waals surface area (Å²) in [5.41, 5.74) is 4.75. The van der Waals surface area contributed by atoms with Gasteiger partial charge in [-0.1, -0.05) is 60.1 Å². The third kappa shape index (κ3) is 2.24. The largest absolute Gasteiger partial charge is 0.247 e. The minimum absolute atomic E-state index is 0.434. The molecule has 3 heterocycles. The average molecular weight is 342 g/mol. The van der Waals surface area contributed by atoms with Crippen LogP contribution in [0.4, 0.5) is 0 Å². The molecule has 0 saturated heterocycles. The second kappa shape index (κ2) is 5.50. The van der Waals surface area contributed by atoms with Crippen molar-refractivity contribution in [1.29, 1.82) is 0 Å². The molecule has 0 saturated carbocycles. The molecule has 0 aliphatic heterocycles. The second-order valence-corrected chi connectivity index (χ2v) is 6.28. The number of aromatic nitrogens is 3. The number of halogens is 1. The van der Waals surface area contributed by atoms with Crippen molar-refractivity contribution < 1.29 is 0 Å². The standard InChI is InChI=1S/C21H12ClN3/c22-18-11-10-15-20-16(12-23-21(15)25-18)19(13-6-2-1-3-7-13)14-8-4-5-9-17(14)24-20/h1-12H. The fourth-order valence-corrected chi connectivity index (χ4v) is 3.45. The molecule has 3 aromatic heterocycles. The van der Waals surface area contributed by atoms with Gasteiger partial charge in [0, 0.05) is 27.9 Å². The van der Waals surface area contributed by atoms with Crippen molar-refractivity contribution in [1.82, 2.24) is 15.0 Å². The van der Waals surface area contributed by atoms with Gasteiger partial charge in [0.15, 0.2) is 5.65 Å². The Morgan fingerprint density at radius 1 is 0.680 bits per heavy atom. The first-order valence-corrected chi connectivity index (χ1v) is 8.38. The summed E-state index contributed by atoms with van der Waals surface area (Å²) in [6, 6.07) is 22.3. The summed E-state index contributed by atoms with van der Waals surface area (Å²) in [6.45, 7) is 0. The predicted octanol–water partition coefficient (Wildman–Crippen LogP) is 5.65. The van der Waals surface area contributed by atoms with Gasteiger partial charge in [0.2, 0.25) is 0 Å². The van der Waals surface area contributed by atoms with E-state index in [4.69, 9.17) is 16.6 Å². The maximum absolute atomic E-state index is 6.02. The van der Waals surface area contributed by atoms with Gasteiger partial charge in [-0.25, -0.2) is 15.0 Å². The lowest BCUT2D eigenvalue weighted by molar-refractivity contribution is 1.30. The van der Waals surface area contributed by atoms with E-state index in [2.05, 4.69) is 28.2 Å². The molecule has 0 atom stereocenters. The molecule has 0 aliphatic rings. The van der Waals surface area contributed by atoms with E-state index in [0.29, 0.717) is 10.8 Å². The van der Waals surface area contributed by atoms with Gasteiger partial charge in [-0.3, -0.25) is 0 Å². The molecule has 25 heavy (non-hydrogen) atoms. The van der Waals surface area contributed by atoms with Crippen molar-refractivity contribution in [2.24, 2.45) is 0 Å². The number of benzene rings is 2. The van der Waals surface area contributed by atoms with Crippen molar-refractivity contribution in [3.63, 3.8) is 0 Å². The van der Waals surface area contributed by atoms with E-state index in [0.717, 1.165) is 38.3 Å². The Hall–Kier alpha value is -3.04. The average Bonchev–Trinajstić information content (AvgIpc) is 2.66. The summed E-state index contributed by atoms with van der Waals surface area (Å²) >= 11 is 6.02. The van der Waals surface area contributed by atoms with Crippen LogP contribution in [0, 0.1) is 0 Å². The lowest BCUT2D eigenvalue weighted by Gasteiger charge is -2.12. The highest BCUT2D eigenvalue weighted by atomic mass is 35.5. The molecule has 2 aromatic carbocycles. The molecular formula is C21H12ClN3. The fourth-order valence-electron chi connectivity index (χ4n) is 3.31. The molecule has 5 rings (SSSR count). The van der Waals surface area contributed by atoms with Crippen LogP contribution in [0.3, 0.4) is 0 Å². The zero-order chi connectivity index (χ0) is 16.8. The molecule has 0 aliphatic carbocycles. The Labute approximate surface area is 148 Å². The molecule has 0 amide bonds. The molecule has 4 heteroatoms. The van der Waals surface area contributed by atoms with Crippen molar-refractivity contribution in [3.8, 4) is 11.1 Å². The number of nitrogens with zero attached hydrogens (tertiary/aromatic N) is 3. The predicted molar refractivity (Wildman–Crippen MR) is 103 cm³/mol. The van der Waals surface area contributed by atoms with Crippen molar-refractivity contribution in [3.05, 3.63) is 78.1 Å². The zero-order valence-electron chi connectivity index (χ0n) is 13.1. The number of hydrogen-bond donors (Lipinski definition) is 0. The van der Waals surface area contributed by atoms with E-state index in [1.54, 1.807) is 6.07 Å². The molecule has 0 bridgehead atoms. The molecule has 3 nitrogen and oxygen atoms in total. The zero-order valence-corrected chi connectivity index (χ0v) is 13.9. The van der Waals surface area contributed by atoms with Gasteiger partial charge in [0.25, 0.3) is 0 Å². The van der Waals surface area contributed by atoms with Gasteiger partial charge in [-0.15, -0.1) is 0 Å².